The minimum atomic E-state index is -0.691. The minimum Gasteiger partial charge on any atom is -0.334 e. The zero-order chi connectivity index (χ0) is 18.7. The standard InChI is InChI=1S/C18H19F2N3O2S/c1-12(14-5-4-13(19)11-15(14)20)21-18(25)23-8-6-22(7-9-23)17(24)16-3-2-10-26-16/h2-5,10-12H,6-9H2,1H3,(H,21,25). The molecule has 1 aromatic heterocycles. The first-order chi connectivity index (χ1) is 12.5. The van der Waals surface area contributed by atoms with Crippen LogP contribution >= 0.6 is 11.3 Å². The van der Waals surface area contributed by atoms with Crippen LogP contribution in [-0.4, -0.2) is 47.9 Å². The van der Waals surface area contributed by atoms with Gasteiger partial charge in [0.25, 0.3) is 5.91 Å². The summed E-state index contributed by atoms with van der Waals surface area (Å²) in [6.45, 7) is 3.35. The third kappa shape index (κ3) is 4.01. The van der Waals surface area contributed by atoms with Crippen molar-refractivity contribution >= 4 is 23.3 Å². The van der Waals surface area contributed by atoms with Gasteiger partial charge in [0, 0.05) is 37.8 Å². The first kappa shape index (κ1) is 18.3. The van der Waals surface area contributed by atoms with Crippen LogP contribution < -0.4 is 5.32 Å². The van der Waals surface area contributed by atoms with Gasteiger partial charge in [-0.1, -0.05) is 12.1 Å². The molecule has 1 unspecified atom stereocenters. The van der Waals surface area contributed by atoms with Crippen molar-refractivity contribution in [1.29, 1.82) is 0 Å². The van der Waals surface area contributed by atoms with E-state index in [9.17, 15) is 18.4 Å². The SMILES string of the molecule is CC(NC(=O)N1CCN(C(=O)c2cccs2)CC1)c1ccc(F)cc1F. The fourth-order valence-electron chi connectivity index (χ4n) is 2.88. The summed E-state index contributed by atoms with van der Waals surface area (Å²) in [5.41, 5.74) is 0.228. The van der Waals surface area contributed by atoms with E-state index in [1.807, 2.05) is 11.4 Å². The minimum absolute atomic E-state index is 0.0261. The summed E-state index contributed by atoms with van der Waals surface area (Å²) in [6, 6.07) is 5.98. The molecule has 1 fully saturated rings. The second kappa shape index (κ2) is 7.82. The summed E-state index contributed by atoms with van der Waals surface area (Å²) in [5.74, 6) is -1.37. The van der Waals surface area contributed by atoms with E-state index in [4.69, 9.17) is 0 Å². The zero-order valence-corrected chi connectivity index (χ0v) is 15.1. The van der Waals surface area contributed by atoms with Gasteiger partial charge >= 0.3 is 6.03 Å². The van der Waals surface area contributed by atoms with Crippen molar-refractivity contribution < 1.29 is 18.4 Å². The molecule has 1 aliphatic rings. The predicted molar refractivity (Wildman–Crippen MR) is 95.1 cm³/mol. The average Bonchev–Trinajstić information content (AvgIpc) is 3.15. The molecule has 3 amide bonds. The van der Waals surface area contributed by atoms with Crippen LogP contribution in [0.3, 0.4) is 0 Å². The number of piperazine rings is 1. The topological polar surface area (TPSA) is 52.7 Å². The molecule has 1 N–H and O–H groups in total. The van der Waals surface area contributed by atoms with E-state index in [1.165, 1.54) is 17.4 Å². The van der Waals surface area contributed by atoms with Crippen molar-refractivity contribution in [2.45, 2.75) is 13.0 Å². The first-order valence-corrected chi connectivity index (χ1v) is 9.17. The summed E-state index contributed by atoms with van der Waals surface area (Å²) < 4.78 is 26.8. The van der Waals surface area contributed by atoms with Crippen LogP contribution in [0.4, 0.5) is 13.6 Å². The van der Waals surface area contributed by atoms with Gasteiger partial charge in [-0.2, -0.15) is 0 Å². The fraction of sp³-hybridized carbons (Fsp3) is 0.333. The summed E-state index contributed by atoms with van der Waals surface area (Å²) >= 11 is 1.39. The lowest BCUT2D eigenvalue weighted by molar-refractivity contribution is 0.0668. The van der Waals surface area contributed by atoms with Gasteiger partial charge in [0.1, 0.15) is 11.6 Å². The number of nitrogens with zero attached hydrogens (tertiary/aromatic N) is 2. The van der Waals surface area contributed by atoms with E-state index in [-0.39, 0.29) is 17.5 Å². The molecule has 26 heavy (non-hydrogen) atoms. The van der Waals surface area contributed by atoms with E-state index < -0.39 is 17.7 Å². The maximum Gasteiger partial charge on any atom is 0.317 e. The molecular weight excluding hydrogens is 360 g/mol. The summed E-state index contributed by atoms with van der Waals surface area (Å²) in [4.78, 5) is 28.7. The third-order valence-electron chi connectivity index (χ3n) is 4.36. The number of amides is 3. The molecule has 1 atom stereocenters. The quantitative estimate of drug-likeness (QED) is 0.890. The molecule has 8 heteroatoms. The van der Waals surface area contributed by atoms with Crippen LogP contribution in [0.1, 0.15) is 28.2 Å². The van der Waals surface area contributed by atoms with Crippen molar-refractivity contribution in [3.63, 3.8) is 0 Å². The van der Waals surface area contributed by atoms with Crippen molar-refractivity contribution in [2.75, 3.05) is 26.2 Å². The van der Waals surface area contributed by atoms with Gasteiger partial charge in [0.05, 0.1) is 10.9 Å². The Bertz CT molecular complexity index is 790. The number of benzene rings is 1. The number of rotatable bonds is 3. The summed E-state index contributed by atoms with van der Waals surface area (Å²) in [7, 11) is 0. The number of carbonyl (C=O) groups excluding carboxylic acids is 2. The molecule has 0 saturated carbocycles. The van der Waals surface area contributed by atoms with Gasteiger partial charge in [0.15, 0.2) is 0 Å². The number of nitrogens with one attached hydrogen (secondary N) is 1. The number of urea groups is 1. The lowest BCUT2D eigenvalue weighted by Gasteiger charge is -2.35. The molecule has 1 saturated heterocycles. The van der Waals surface area contributed by atoms with Crippen molar-refractivity contribution in [1.82, 2.24) is 15.1 Å². The number of hydrogen-bond acceptors (Lipinski definition) is 3. The zero-order valence-electron chi connectivity index (χ0n) is 14.2. The first-order valence-electron chi connectivity index (χ1n) is 8.29. The highest BCUT2D eigenvalue weighted by molar-refractivity contribution is 7.12. The Morgan fingerprint density at radius 1 is 1.12 bits per heavy atom. The van der Waals surface area contributed by atoms with Gasteiger partial charge < -0.3 is 15.1 Å². The maximum absolute atomic E-state index is 13.8. The highest BCUT2D eigenvalue weighted by Crippen LogP contribution is 2.18. The summed E-state index contributed by atoms with van der Waals surface area (Å²) in [5, 5.41) is 4.58. The maximum atomic E-state index is 13.8. The largest absolute Gasteiger partial charge is 0.334 e. The predicted octanol–water partition coefficient (Wildman–Crippen LogP) is 3.25. The molecule has 2 heterocycles. The highest BCUT2D eigenvalue weighted by Gasteiger charge is 2.26. The Labute approximate surface area is 154 Å². The Morgan fingerprint density at radius 3 is 2.42 bits per heavy atom. The molecular formula is C18H19F2N3O2S. The molecule has 1 aliphatic heterocycles. The van der Waals surface area contributed by atoms with Crippen LogP contribution in [0.5, 0.6) is 0 Å². The molecule has 138 valence electrons. The fourth-order valence-corrected chi connectivity index (χ4v) is 3.57. The Balaban J connectivity index is 1.54. The Hall–Kier alpha value is -2.48. The van der Waals surface area contributed by atoms with E-state index >= 15 is 0 Å². The van der Waals surface area contributed by atoms with E-state index in [0.717, 1.165) is 12.1 Å². The lowest BCUT2D eigenvalue weighted by atomic mass is 10.1. The van der Waals surface area contributed by atoms with Crippen LogP contribution in [0.25, 0.3) is 0 Å². The lowest BCUT2D eigenvalue weighted by Crippen LogP contribution is -2.53. The van der Waals surface area contributed by atoms with Crippen LogP contribution in [0.2, 0.25) is 0 Å². The van der Waals surface area contributed by atoms with Gasteiger partial charge in [-0.25, -0.2) is 13.6 Å². The van der Waals surface area contributed by atoms with E-state index in [1.54, 1.807) is 22.8 Å². The summed E-state index contributed by atoms with van der Waals surface area (Å²) in [6.07, 6.45) is 0. The van der Waals surface area contributed by atoms with Gasteiger partial charge in [0.2, 0.25) is 0 Å². The molecule has 2 aromatic rings. The molecule has 0 spiro atoms. The van der Waals surface area contributed by atoms with Crippen LogP contribution in [0.15, 0.2) is 35.7 Å². The second-order valence-electron chi connectivity index (χ2n) is 6.09. The molecule has 3 rings (SSSR count). The van der Waals surface area contributed by atoms with Crippen LogP contribution in [-0.2, 0) is 0 Å². The number of halogens is 2. The number of carbonyl (C=O) groups is 2. The molecule has 1 aromatic carbocycles. The van der Waals surface area contributed by atoms with Crippen molar-refractivity contribution in [2.24, 2.45) is 0 Å². The van der Waals surface area contributed by atoms with E-state index in [0.29, 0.717) is 31.1 Å². The average molecular weight is 379 g/mol. The molecule has 0 aliphatic carbocycles. The highest BCUT2D eigenvalue weighted by atomic mass is 32.1. The van der Waals surface area contributed by atoms with Crippen LogP contribution in [0, 0.1) is 11.6 Å². The van der Waals surface area contributed by atoms with Gasteiger partial charge in [-0.15, -0.1) is 11.3 Å². The van der Waals surface area contributed by atoms with Gasteiger partial charge in [-0.05, 0) is 24.4 Å². The van der Waals surface area contributed by atoms with Crippen molar-refractivity contribution in [3.8, 4) is 0 Å². The molecule has 0 radical (unpaired) electrons. The number of thiophene rings is 1. The van der Waals surface area contributed by atoms with E-state index in [2.05, 4.69) is 5.32 Å². The smallest absolute Gasteiger partial charge is 0.317 e. The molecule has 5 nitrogen and oxygen atoms in total. The van der Waals surface area contributed by atoms with Crippen molar-refractivity contribution in [3.05, 3.63) is 57.8 Å². The third-order valence-corrected chi connectivity index (χ3v) is 5.21. The normalized spacial score (nSPS) is 15.7. The monoisotopic (exact) mass is 379 g/mol. The molecule has 0 bridgehead atoms. The Morgan fingerprint density at radius 2 is 1.81 bits per heavy atom. The second-order valence-corrected chi connectivity index (χ2v) is 7.04. The van der Waals surface area contributed by atoms with Gasteiger partial charge in [-0.3, -0.25) is 4.79 Å². The number of hydrogen-bond donors (Lipinski definition) is 1. The Kier molecular flexibility index (Phi) is 5.51.